The molecular weight excluding hydrogens is 695 g/mol. The Morgan fingerprint density at radius 1 is 0.943 bits per heavy atom. The number of nitrogens with zero attached hydrogens (tertiary/aromatic N) is 3. The van der Waals surface area contributed by atoms with Gasteiger partial charge in [0.2, 0.25) is 0 Å². The lowest BCUT2D eigenvalue weighted by atomic mass is 9.80. The second-order valence-electron chi connectivity index (χ2n) is 13.7. The first-order valence-electron chi connectivity index (χ1n) is 17.8. The summed E-state index contributed by atoms with van der Waals surface area (Å²) in [7, 11) is -0.169. The maximum absolute atomic E-state index is 13.1. The van der Waals surface area contributed by atoms with E-state index in [0.717, 1.165) is 16.7 Å². The first-order chi connectivity index (χ1) is 25.4. The van der Waals surface area contributed by atoms with E-state index in [1.165, 1.54) is 10.8 Å². The van der Waals surface area contributed by atoms with E-state index in [2.05, 4.69) is 11.1 Å². The fourth-order valence-electron chi connectivity index (χ4n) is 7.17. The molecule has 12 nitrogen and oxygen atoms in total. The average molecular weight is 746 g/mol. The lowest BCUT2D eigenvalue weighted by Crippen LogP contribution is -2.42. The van der Waals surface area contributed by atoms with Crippen LogP contribution in [0.3, 0.4) is 0 Å². The predicted molar refractivity (Wildman–Crippen MR) is 204 cm³/mol. The van der Waals surface area contributed by atoms with Crippen molar-refractivity contribution in [1.29, 1.82) is 5.26 Å². The Morgan fingerprint density at radius 3 is 2.00 bits per heavy atom. The minimum absolute atomic E-state index is 0.0349. The molecule has 4 atom stereocenters. The van der Waals surface area contributed by atoms with Crippen LogP contribution in [0.5, 0.6) is 11.5 Å². The van der Waals surface area contributed by atoms with Crippen molar-refractivity contribution in [1.82, 2.24) is 14.2 Å². The molecule has 282 valence electrons. The van der Waals surface area contributed by atoms with Crippen LogP contribution in [0, 0.1) is 18.3 Å². The second-order valence-corrected chi connectivity index (χ2v) is 16.1. The molecule has 3 aromatic carbocycles. The van der Waals surface area contributed by atoms with Gasteiger partial charge in [0, 0.05) is 30.3 Å². The van der Waals surface area contributed by atoms with Gasteiger partial charge in [-0.15, -0.1) is 4.67 Å². The van der Waals surface area contributed by atoms with Crippen LogP contribution in [0.25, 0.3) is 0 Å². The number of methoxy groups -OCH3 is 2. The SMILES string of the molecule is COc1ccc(C(OCC2OC(n3cc(C)c(=O)[nH]c3=O)CC2O[P+](O)(CCC#N)N(C(C)C)C(C)C)(c2ccccc2)c2ccc(OC)cc2)cc1. The normalized spacial score (nSPS) is 18.6. The fraction of sp³-hybridized carbons (Fsp3) is 0.425. The van der Waals surface area contributed by atoms with E-state index in [1.54, 1.807) is 21.1 Å². The molecule has 4 aromatic rings. The van der Waals surface area contributed by atoms with Crippen molar-refractivity contribution >= 4 is 7.87 Å². The third-order valence-corrected chi connectivity index (χ3v) is 12.6. The number of ether oxygens (including phenoxy) is 4. The first kappa shape index (κ1) is 39.9. The molecule has 0 amide bonds. The zero-order chi connectivity index (χ0) is 38.3. The van der Waals surface area contributed by atoms with E-state index in [1.807, 2.05) is 111 Å². The smallest absolute Gasteiger partial charge is 0.347 e. The van der Waals surface area contributed by atoms with Crippen LogP contribution in [-0.2, 0) is 19.6 Å². The number of hydrogen-bond acceptors (Lipinski definition) is 10. The summed E-state index contributed by atoms with van der Waals surface area (Å²) in [4.78, 5) is 40.2. The average Bonchev–Trinajstić information content (AvgIpc) is 3.54. The Kier molecular flexibility index (Phi) is 12.9. The van der Waals surface area contributed by atoms with E-state index in [4.69, 9.17) is 23.5 Å². The second kappa shape index (κ2) is 17.2. The van der Waals surface area contributed by atoms with Gasteiger partial charge in [-0.1, -0.05) is 54.6 Å². The van der Waals surface area contributed by atoms with Crippen molar-refractivity contribution in [2.45, 2.75) is 83.6 Å². The summed E-state index contributed by atoms with van der Waals surface area (Å²) in [6.07, 6.45) is -0.561. The quantitative estimate of drug-likeness (QED) is 0.0985. The van der Waals surface area contributed by atoms with Gasteiger partial charge in [-0.2, -0.15) is 9.79 Å². The van der Waals surface area contributed by atoms with Gasteiger partial charge in [0.1, 0.15) is 41.7 Å². The number of benzene rings is 3. The Hall–Kier alpha value is -4.34. The van der Waals surface area contributed by atoms with Crippen LogP contribution in [-0.4, -0.2) is 70.4 Å². The highest BCUT2D eigenvalue weighted by Gasteiger charge is 2.54. The van der Waals surface area contributed by atoms with Gasteiger partial charge in [0.25, 0.3) is 5.56 Å². The summed E-state index contributed by atoms with van der Waals surface area (Å²) in [5.41, 5.74) is 0.544. The van der Waals surface area contributed by atoms with E-state index in [-0.39, 0.29) is 37.7 Å². The van der Waals surface area contributed by atoms with Crippen LogP contribution in [0.1, 0.15) is 69.0 Å². The maximum Gasteiger partial charge on any atom is 0.347 e. The summed E-state index contributed by atoms with van der Waals surface area (Å²) in [5, 5.41) is 9.59. The Labute approximate surface area is 311 Å². The maximum atomic E-state index is 13.1. The number of rotatable bonds is 16. The van der Waals surface area contributed by atoms with Crippen molar-refractivity contribution in [2.24, 2.45) is 0 Å². The van der Waals surface area contributed by atoms with E-state index >= 15 is 0 Å². The molecule has 1 saturated heterocycles. The summed E-state index contributed by atoms with van der Waals surface area (Å²) in [5.74, 6) is 1.37. The molecule has 2 heterocycles. The molecule has 0 bridgehead atoms. The topological polar surface area (TPSA) is 148 Å². The highest BCUT2D eigenvalue weighted by atomic mass is 31.2. The molecule has 1 fully saturated rings. The molecule has 2 N–H and O–H groups in total. The van der Waals surface area contributed by atoms with Gasteiger partial charge < -0.3 is 18.9 Å². The van der Waals surface area contributed by atoms with Gasteiger partial charge in [-0.05, 0) is 75.6 Å². The molecule has 0 radical (unpaired) electrons. The highest BCUT2D eigenvalue weighted by molar-refractivity contribution is 7.63. The van der Waals surface area contributed by atoms with E-state index in [9.17, 15) is 19.7 Å². The zero-order valence-electron chi connectivity index (χ0n) is 31.4. The van der Waals surface area contributed by atoms with Gasteiger partial charge in [-0.3, -0.25) is 14.3 Å². The van der Waals surface area contributed by atoms with Gasteiger partial charge in [0.05, 0.1) is 33.3 Å². The van der Waals surface area contributed by atoms with Crippen molar-refractivity contribution < 1.29 is 28.4 Å². The third-order valence-electron chi connectivity index (χ3n) is 9.51. The number of nitrogens with one attached hydrogen (secondary N) is 1. The summed E-state index contributed by atoms with van der Waals surface area (Å²) in [6, 6.07) is 27.2. The molecule has 13 heteroatoms. The number of aromatic nitrogens is 2. The Bertz CT molecular complexity index is 1900. The number of H-pyrrole nitrogens is 1. The predicted octanol–water partition coefficient (Wildman–Crippen LogP) is 6.33. The number of aryl methyl sites for hydroxylation is 1. The van der Waals surface area contributed by atoms with Crippen LogP contribution in [0.2, 0.25) is 0 Å². The fourth-order valence-corrected chi connectivity index (χ4v) is 10.1. The summed E-state index contributed by atoms with van der Waals surface area (Å²) < 4.78 is 34.9. The first-order valence-corrected chi connectivity index (χ1v) is 19.6. The standard InChI is InChI=1S/C40H49N4O8P/c1-27(2)44(28(3)4)53(47,23-11-22-41)52-35-24-37(43-25-29(5)38(45)42-39(43)46)51-36(35)26-50-40(30-12-9-8-10-13-30,31-14-18-33(48-6)19-15-31)32-16-20-34(49-7)21-17-32/h8-10,12-21,25,27-28,35-37,47H,11,23-24,26H2,1-7H3/p+1. The molecule has 1 aliphatic rings. The highest BCUT2D eigenvalue weighted by Crippen LogP contribution is 2.63. The van der Waals surface area contributed by atoms with Crippen molar-refractivity contribution in [3.63, 3.8) is 0 Å². The largest absolute Gasteiger partial charge is 0.497 e. The summed E-state index contributed by atoms with van der Waals surface area (Å²) >= 11 is 0. The van der Waals surface area contributed by atoms with Crippen molar-refractivity contribution in [3.05, 3.63) is 128 Å². The molecular formula is C40H50N4O8P+. The van der Waals surface area contributed by atoms with Crippen molar-refractivity contribution in [3.8, 4) is 17.6 Å². The monoisotopic (exact) mass is 745 g/mol. The van der Waals surface area contributed by atoms with Crippen LogP contribution >= 0.6 is 7.87 Å². The lowest BCUT2D eigenvalue weighted by Gasteiger charge is -2.38. The Balaban J connectivity index is 1.63. The van der Waals surface area contributed by atoms with Gasteiger partial charge in [0.15, 0.2) is 0 Å². The molecule has 5 rings (SSSR count). The molecule has 4 unspecified atom stereocenters. The third kappa shape index (κ3) is 8.57. The van der Waals surface area contributed by atoms with Crippen molar-refractivity contribution in [2.75, 3.05) is 27.0 Å². The molecule has 0 spiro atoms. The zero-order valence-corrected chi connectivity index (χ0v) is 32.3. The lowest BCUT2D eigenvalue weighted by molar-refractivity contribution is -0.0929. The van der Waals surface area contributed by atoms with Crippen LogP contribution in [0.4, 0.5) is 0 Å². The van der Waals surface area contributed by atoms with Crippen LogP contribution < -0.4 is 20.7 Å². The number of aromatic amines is 1. The van der Waals surface area contributed by atoms with E-state index < -0.39 is 43.2 Å². The number of nitriles is 1. The molecule has 0 aliphatic carbocycles. The minimum Gasteiger partial charge on any atom is -0.497 e. The van der Waals surface area contributed by atoms with Crippen LogP contribution in [0.15, 0.2) is 94.6 Å². The van der Waals surface area contributed by atoms with E-state index in [0.29, 0.717) is 17.1 Å². The molecule has 1 aliphatic heterocycles. The molecule has 0 saturated carbocycles. The summed E-state index contributed by atoms with van der Waals surface area (Å²) in [6.45, 7) is 9.51. The van der Waals surface area contributed by atoms with Gasteiger partial charge in [-0.25, -0.2) is 9.69 Å². The number of hydrogen-bond donors (Lipinski definition) is 2. The van der Waals surface area contributed by atoms with Gasteiger partial charge >= 0.3 is 13.6 Å². The molecule has 53 heavy (non-hydrogen) atoms. The Morgan fingerprint density at radius 2 is 1.49 bits per heavy atom. The molecule has 1 aromatic heterocycles. The minimum atomic E-state index is -3.40.